The molecule has 0 saturated carbocycles. The van der Waals surface area contributed by atoms with E-state index in [4.69, 9.17) is 15.0 Å². The molecule has 0 bridgehead atoms. The average Bonchev–Trinajstić information content (AvgIpc) is 2.97. The summed E-state index contributed by atoms with van der Waals surface area (Å²) in [6, 6.07) is 15.9. The van der Waals surface area contributed by atoms with Gasteiger partial charge in [-0.15, -0.1) is 0 Å². The summed E-state index contributed by atoms with van der Waals surface area (Å²) >= 11 is 0. The number of unbranched alkanes of at least 4 members (excludes halogenated alkanes) is 8. The van der Waals surface area contributed by atoms with E-state index in [0.29, 0.717) is 17.5 Å². The molecule has 0 fully saturated rings. The highest BCUT2D eigenvalue weighted by molar-refractivity contribution is 5.90. The number of esters is 2. The lowest BCUT2D eigenvalue weighted by atomic mass is 9.98. The molecule has 0 unspecified atom stereocenters. The molecule has 0 aliphatic carbocycles. The molecule has 0 radical (unpaired) electrons. The number of carbonyl (C=O) groups is 2. The number of nitrogens with zero attached hydrogens (tertiary/aromatic N) is 3. The third-order valence-electron chi connectivity index (χ3n) is 6.92. The quantitative estimate of drug-likeness (QED) is 0.0586. The predicted octanol–water partition coefficient (Wildman–Crippen LogP) is 8.06. The van der Waals surface area contributed by atoms with E-state index >= 15 is 0 Å². The van der Waals surface area contributed by atoms with Crippen molar-refractivity contribution in [2.24, 2.45) is 11.0 Å². The Morgan fingerprint density at radius 1 is 0.750 bits per heavy atom. The highest BCUT2D eigenvalue weighted by Crippen LogP contribution is 2.22. The van der Waals surface area contributed by atoms with E-state index in [1.54, 1.807) is 60.7 Å². The van der Waals surface area contributed by atoms with Crippen LogP contribution in [0.3, 0.4) is 0 Å². The second-order valence-electron chi connectivity index (χ2n) is 10.7. The standard InChI is InChI=1S/C32H45N3O5/c1-25(2)18-12-8-6-4-3-5-7-9-17-23-29(39-31(37)26-19-13-10-14-20-26)30(28(24-36)34-35-33)40-32(38)27-21-15-11-16-22-27/h10-11,13-16,19-22,25,28-30,36H,3-9,12,17-18,23-24H2,1-2H3/t28-,29+,30-/m0/s1. The topological polar surface area (TPSA) is 122 Å². The SMILES string of the molecule is CC(C)CCCCCCCCCCC[C@@H](OC(=O)c1ccccc1)[C@@H](OC(=O)c1ccccc1)[C@H](CO)N=[N+]=[N-]. The summed E-state index contributed by atoms with van der Waals surface area (Å²) in [5.74, 6) is -0.440. The van der Waals surface area contributed by atoms with Gasteiger partial charge in [-0.05, 0) is 48.6 Å². The summed E-state index contributed by atoms with van der Waals surface area (Å²) in [7, 11) is 0. The van der Waals surface area contributed by atoms with Gasteiger partial charge in [0, 0.05) is 4.91 Å². The van der Waals surface area contributed by atoms with Gasteiger partial charge >= 0.3 is 11.9 Å². The fourth-order valence-corrected chi connectivity index (χ4v) is 4.65. The van der Waals surface area contributed by atoms with E-state index in [0.717, 1.165) is 31.6 Å². The van der Waals surface area contributed by atoms with Gasteiger partial charge in [0.15, 0.2) is 0 Å². The van der Waals surface area contributed by atoms with Crippen LogP contribution < -0.4 is 0 Å². The van der Waals surface area contributed by atoms with Gasteiger partial charge in [-0.2, -0.15) is 0 Å². The van der Waals surface area contributed by atoms with Crippen LogP contribution in [-0.2, 0) is 9.47 Å². The van der Waals surface area contributed by atoms with Crippen LogP contribution in [0.5, 0.6) is 0 Å². The first-order valence-electron chi connectivity index (χ1n) is 14.6. The first kappa shape index (κ1) is 32.9. The van der Waals surface area contributed by atoms with Crippen molar-refractivity contribution in [3.8, 4) is 0 Å². The van der Waals surface area contributed by atoms with Gasteiger partial charge in [-0.1, -0.05) is 113 Å². The zero-order valence-electron chi connectivity index (χ0n) is 24.0. The average molecular weight is 552 g/mol. The van der Waals surface area contributed by atoms with Crippen molar-refractivity contribution in [2.75, 3.05) is 6.61 Å². The Balaban J connectivity index is 2.03. The van der Waals surface area contributed by atoms with E-state index in [1.807, 2.05) is 0 Å². The number of azide groups is 1. The zero-order valence-corrected chi connectivity index (χ0v) is 24.0. The smallest absolute Gasteiger partial charge is 0.338 e. The molecular weight excluding hydrogens is 506 g/mol. The molecule has 2 rings (SSSR count). The third kappa shape index (κ3) is 12.7. The first-order valence-corrected chi connectivity index (χ1v) is 14.6. The highest BCUT2D eigenvalue weighted by Gasteiger charge is 2.35. The van der Waals surface area contributed by atoms with E-state index in [-0.39, 0.29) is 0 Å². The molecule has 40 heavy (non-hydrogen) atoms. The van der Waals surface area contributed by atoms with Gasteiger partial charge < -0.3 is 14.6 Å². The maximum Gasteiger partial charge on any atom is 0.338 e. The highest BCUT2D eigenvalue weighted by atomic mass is 16.6. The molecule has 0 amide bonds. The minimum atomic E-state index is -1.15. The van der Waals surface area contributed by atoms with Crippen LogP contribution >= 0.6 is 0 Å². The van der Waals surface area contributed by atoms with E-state index in [2.05, 4.69) is 23.9 Å². The molecule has 0 saturated heterocycles. The van der Waals surface area contributed by atoms with Crippen molar-refractivity contribution in [3.63, 3.8) is 0 Å². The van der Waals surface area contributed by atoms with Crippen LogP contribution in [0.2, 0.25) is 0 Å². The molecule has 218 valence electrons. The van der Waals surface area contributed by atoms with Gasteiger partial charge in [-0.25, -0.2) is 9.59 Å². The van der Waals surface area contributed by atoms with Gasteiger partial charge in [0.25, 0.3) is 0 Å². The van der Waals surface area contributed by atoms with Crippen molar-refractivity contribution in [3.05, 3.63) is 82.2 Å². The van der Waals surface area contributed by atoms with E-state index in [9.17, 15) is 14.7 Å². The number of aliphatic hydroxyl groups is 1. The molecule has 0 heterocycles. The van der Waals surface area contributed by atoms with Crippen LogP contribution in [0.15, 0.2) is 65.8 Å². The number of hydrogen-bond acceptors (Lipinski definition) is 6. The summed E-state index contributed by atoms with van der Waals surface area (Å²) in [5, 5.41) is 13.6. The second-order valence-corrected chi connectivity index (χ2v) is 10.7. The van der Waals surface area contributed by atoms with Crippen LogP contribution in [0.1, 0.15) is 105 Å². The van der Waals surface area contributed by atoms with Gasteiger partial charge in [0.2, 0.25) is 0 Å². The monoisotopic (exact) mass is 551 g/mol. The van der Waals surface area contributed by atoms with Crippen molar-refractivity contribution in [1.82, 2.24) is 0 Å². The maximum atomic E-state index is 13.0. The number of hydrogen-bond donors (Lipinski definition) is 1. The van der Waals surface area contributed by atoms with Crippen molar-refractivity contribution in [1.29, 1.82) is 0 Å². The number of aliphatic hydroxyl groups excluding tert-OH is 1. The Morgan fingerprint density at radius 3 is 1.65 bits per heavy atom. The third-order valence-corrected chi connectivity index (χ3v) is 6.92. The molecule has 8 nitrogen and oxygen atoms in total. The summed E-state index contributed by atoms with van der Waals surface area (Å²) in [5.41, 5.74) is 9.76. The molecule has 0 aliphatic heterocycles. The van der Waals surface area contributed by atoms with E-state index < -0.39 is 36.8 Å². The zero-order chi connectivity index (χ0) is 29.0. The number of ether oxygens (including phenoxy) is 2. The second kappa shape index (κ2) is 19.7. The fraction of sp³-hybridized carbons (Fsp3) is 0.562. The van der Waals surface area contributed by atoms with Crippen molar-refractivity contribution < 1.29 is 24.2 Å². The molecule has 0 spiro atoms. The Kier molecular flexibility index (Phi) is 16.2. The van der Waals surface area contributed by atoms with Crippen molar-refractivity contribution in [2.45, 2.75) is 103 Å². The number of carbonyl (C=O) groups excluding carboxylic acids is 2. The molecular formula is C32H45N3O5. The number of rotatable bonds is 20. The lowest BCUT2D eigenvalue weighted by Gasteiger charge is -2.30. The van der Waals surface area contributed by atoms with Crippen molar-refractivity contribution >= 4 is 11.9 Å². The Morgan fingerprint density at radius 2 is 1.20 bits per heavy atom. The minimum absolute atomic E-state index is 0.308. The van der Waals surface area contributed by atoms with Gasteiger partial charge in [0.1, 0.15) is 18.2 Å². The molecule has 1 N–H and O–H groups in total. The normalized spacial score (nSPS) is 13.2. The maximum absolute atomic E-state index is 13.0. The van der Waals surface area contributed by atoms with Gasteiger partial charge in [-0.3, -0.25) is 0 Å². The van der Waals surface area contributed by atoms with Crippen LogP contribution in [0, 0.1) is 5.92 Å². The largest absolute Gasteiger partial charge is 0.455 e. The summed E-state index contributed by atoms with van der Waals surface area (Å²) in [6.07, 6.45) is 9.85. The van der Waals surface area contributed by atoms with E-state index in [1.165, 1.54) is 38.5 Å². The van der Waals surface area contributed by atoms with Gasteiger partial charge in [0.05, 0.1) is 17.7 Å². The lowest BCUT2D eigenvalue weighted by Crippen LogP contribution is -2.44. The Labute approximate surface area is 238 Å². The Bertz CT molecular complexity index is 1030. The first-order chi connectivity index (χ1) is 19.5. The molecule has 0 aliphatic rings. The summed E-state index contributed by atoms with van der Waals surface area (Å²) in [6.45, 7) is 3.97. The molecule has 0 aromatic heterocycles. The summed E-state index contributed by atoms with van der Waals surface area (Å²) < 4.78 is 11.6. The molecule has 2 aromatic carbocycles. The fourth-order valence-electron chi connectivity index (χ4n) is 4.65. The molecule has 8 heteroatoms. The molecule has 3 atom stereocenters. The van der Waals surface area contributed by atoms with Crippen LogP contribution in [0.4, 0.5) is 0 Å². The number of benzene rings is 2. The minimum Gasteiger partial charge on any atom is -0.455 e. The Hall–Kier alpha value is -3.35. The van der Waals surface area contributed by atoms with Crippen LogP contribution in [-0.4, -0.2) is 41.9 Å². The predicted molar refractivity (Wildman–Crippen MR) is 157 cm³/mol. The molecule has 2 aromatic rings. The lowest BCUT2D eigenvalue weighted by molar-refractivity contribution is -0.0524. The summed E-state index contributed by atoms with van der Waals surface area (Å²) in [4.78, 5) is 28.7. The van der Waals surface area contributed by atoms with Crippen LogP contribution in [0.25, 0.3) is 10.4 Å².